The lowest BCUT2D eigenvalue weighted by Gasteiger charge is -2.42. The van der Waals surface area contributed by atoms with E-state index in [9.17, 15) is 18.3 Å². The summed E-state index contributed by atoms with van der Waals surface area (Å²) in [4.78, 5) is 2.19. The number of rotatable bonds is 1. The topological polar surface area (TPSA) is 23.5 Å². The molecule has 1 aromatic carbocycles. The minimum absolute atomic E-state index is 0.114. The van der Waals surface area contributed by atoms with Gasteiger partial charge in [0.1, 0.15) is 0 Å². The monoisotopic (exact) mass is 271 g/mol. The van der Waals surface area contributed by atoms with Gasteiger partial charge < -0.3 is 10.0 Å². The summed E-state index contributed by atoms with van der Waals surface area (Å²) in [6.45, 7) is 0. The molecule has 2 unspecified atom stereocenters. The molecule has 0 radical (unpaired) electrons. The molecule has 0 aliphatic carbocycles. The maximum absolute atomic E-state index is 13.9. The Kier molecular flexibility index (Phi) is 2.87. The highest BCUT2D eigenvalue weighted by atomic mass is 19.2. The van der Waals surface area contributed by atoms with Gasteiger partial charge in [0.05, 0.1) is 5.60 Å². The number of benzene rings is 1. The number of halogens is 3. The van der Waals surface area contributed by atoms with E-state index in [1.165, 1.54) is 6.07 Å². The van der Waals surface area contributed by atoms with Gasteiger partial charge in [-0.3, -0.25) is 0 Å². The first-order valence-electron chi connectivity index (χ1n) is 6.50. The van der Waals surface area contributed by atoms with Crippen molar-refractivity contribution < 1.29 is 18.3 Å². The SMILES string of the molecule is CN1C2CCC1CC(O)(c1ccc(F)c(F)c1F)C2. The van der Waals surface area contributed by atoms with Gasteiger partial charge in [0.15, 0.2) is 17.5 Å². The summed E-state index contributed by atoms with van der Waals surface area (Å²) in [6.07, 6.45) is 2.63. The summed E-state index contributed by atoms with van der Waals surface area (Å²) in [5.74, 6) is -3.98. The Morgan fingerprint density at radius 2 is 1.68 bits per heavy atom. The molecule has 0 spiro atoms. The lowest BCUT2D eigenvalue weighted by molar-refractivity contribution is -0.0520. The van der Waals surface area contributed by atoms with Crippen LogP contribution in [-0.2, 0) is 5.60 Å². The van der Waals surface area contributed by atoms with Gasteiger partial charge in [-0.25, -0.2) is 13.2 Å². The molecule has 2 atom stereocenters. The fraction of sp³-hybridized carbons (Fsp3) is 0.571. The van der Waals surface area contributed by atoms with E-state index >= 15 is 0 Å². The van der Waals surface area contributed by atoms with E-state index in [0.29, 0.717) is 12.8 Å². The van der Waals surface area contributed by atoms with E-state index in [2.05, 4.69) is 4.90 Å². The maximum atomic E-state index is 13.9. The molecule has 104 valence electrons. The third-order valence-corrected chi connectivity index (χ3v) is 4.67. The average Bonchev–Trinajstić information content (AvgIpc) is 2.60. The zero-order valence-corrected chi connectivity index (χ0v) is 10.7. The molecule has 2 aliphatic heterocycles. The molecular formula is C14H16F3NO. The van der Waals surface area contributed by atoms with Crippen molar-refractivity contribution >= 4 is 0 Å². The van der Waals surface area contributed by atoms with Crippen LogP contribution in [0.15, 0.2) is 12.1 Å². The molecule has 2 fully saturated rings. The third-order valence-electron chi connectivity index (χ3n) is 4.67. The van der Waals surface area contributed by atoms with E-state index in [0.717, 1.165) is 18.9 Å². The van der Waals surface area contributed by atoms with Gasteiger partial charge in [-0.2, -0.15) is 0 Å². The van der Waals surface area contributed by atoms with Gasteiger partial charge >= 0.3 is 0 Å². The van der Waals surface area contributed by atoms with Crippen LogP contribution in [0.4, 0.5) is 13.2 Å². The number of fused-ring (bicyclic) bond motifs is 2. The highest BCUT2D eigenvalue weighted by Crippen LogP contribution is 2.45. The predicted molar refractivity (Wildman–Crippen MR) is 64.0 cm³/mol. The Morgan fingerprint density at radius 1 is 1.11 bits per heavy atom. The summed E-state index contributed by atoms with van der Waals surface area (Å²) < 4.78 is 40.2. The first kappa shape index (κ1) is 12.9. The molecule has 0 amide bonds. The van der Waals surface area contributed by atoms with Crippen LogP contribution in [0.5, 0.6) is 0 Å². The highest BCUT2D eigenvalue weighted by molar-refractivity contribution is 5.28. The fourth-order valence-electron chi connectivity index (χ4n) is 3.55. The van der Waals surface area contributed by atoms with E-state index in [-0.39, 0.29) is 17.6 Å². The molecule has 2 bridgehead atoms. The summed E-state index contributed by atoms with van der Waals surface area (Å²) in [5.41, 5.74) is -1.51. The summed E-state index contributed by atoms with van der Waals surface area (Å²) >= 11 is 0. The van der Waals surface area contributed by atoms with Gasteiger partial charge in [-0.05, 0) is 38.8 Å². The van der Waals surface area contributed by atoms with Gasteiger partial charge in [-0.15, -0.1) is 0 Å². The highest BCUT2D eigenvalue weighted by Gasteiger charge is 2.48. The van der Waals surface area contributed by atoms with Crippen LogP contribution in [0.2, 0.25) is 0 Å². The molecule has 1 aromatic rings. The van der Waals surface area contributed by atoms with Crippen molar-refractivity contribution in [1.29, 1.82) is 0 Å². The second-order valence-corrected chi connectivity index (χ2v) is 5.71. The number of nitrogens with zero attached hydrogens (tertiary/aromatic N) is 1. The number of hydrogen-bond donors (Lipinski definition) is 1. The zero-order valence-electron chi connectivity index (χ0n) is 10.7. The normalized spacial score (nSPS) is 34.8. The van der Waals surface area contributed by atoms with Crippen LogP contribution in [-0.4, -0.2) is 29.1 Å². The van der Waals surface area contributed by atoms with Crippen molar-refractivity contribution in [3.8, 4) is 0 Å². The van der Waals surface area contributed by atoms with Crippen LogP contribution >= 0.6 is 0 Å². The molecule has 2 saturated heterocycles. The molecule has 2 aliphatic rings. The second-order valence-electron chi connectivity index (χ2n) is 5.71. The standard InChI is InChI=1S/C14H16F3NO/c1-18-8-2-3-9(18)7-14(19,6-8)10-4-5-11(15)13(17)12(10)16/h4-5,8-9,19H,2-3,6-7H2,1H3. The van der Waals surface area contributed by atoms with Gasteiger partial charge in [0.2, 0.25) is 0 Å². The minimum atomic E-state index is -1.50. The van der Waals surface area contributed by atoms with E-state index < -0.39 is 23.1 Å². The number of aliphatic hydroxyl groups is 1. The van der Waals surface area contributed by atoms with Crippen LogP contribution in [0.3, 0.4) is 0 Å². The Bertz CT molecular complexity index is 506. The van der Waals surface area contributed by atoms with E-state index in [1.54, 1.807) is 0 Å². The molecule has 3 rings (SSSR count). The Balaban J connectivity index is 2.00. The number of hydrogen-bond acceptors (Lipinski definition) is 2. The van der Waals surface area contributed by atoms with Crippen LogP contribution in [0.25, 0.3) is 0 Å². The smallest absolute Gasteiger partial charge is 0.194 e. The molecule has 2 nitrogen and oxygen atoms in total. The molecule has 0 saturated carbocycles. The average molecular weight is 271 g/mol. The molecule has 1 N–H and O–H groups in total. The quantitative estimate of drug-likeness (QED) is 0.793. The van der Waals surface area contributed by atoms with Crippen LogP contribution in [0, 0.1) is 17.5 Å². The van der Waals surface area contributed by atoms with Crippen molar-refractivity contribution in [2.24, 2.45) is 0 Å². The minimum Gasteiger partial charge on any atom is -0.385 e. The van der Waals surface area contributed by atoms with Crippen LogP contribution < -0.4 is 0 Å². The van der Waals surface area contributed by atoms with Gasteiger partial charge in [0.25, 0.3) is 0 Å². The molecule has 2 heterocycles. The Morgan fingerprint density at radius 3 is 2.26 bits per heavy atom. The Labute approximate surface area is 109 Å². The molecule has 0 aromatic heterocycles. The summed E-state index contributed by atoms with van der Waals surface area (Å²) in [6, 6.07) is 2.40. The number of piperidine rings is 1. The summed E-state index contributed by atoms with van der Waals surface area (Å²) in [5, 5.41) is 10.7. The van der Waals surface area contributed by atoms with E-state index in [4.69, 9.17) is 0 Å². The van der Waals surface area contributed by atoms with Gasteiger partial charge in [0, 0.05) is 17.6 Å². The Hall–Kier alpha value is -1.07. The predicted octanol–water partition coefficient (Wildman–Crippen LogP) is 2.55. The zero-order chi connectivity index (χ0) is 13.8. The fourth-order valence-corrected chi connectivity index (χ4v) is 3.55. The van der Waals surface area contributed by atoms with Gasteiger partial charge in [-0.1, -0.05) is 6.07 Å². The van der Waals surface area contributed by atoms with E-state index in [1.807, 2.05) is 7.05 Å². The lowest BCUT2D eigenvalue weighted by Crippen LogP contribution is -2.48. The van der Waals surface area contributed by atoms with Crippen molar-refractivity contribution in [2.75, 3.05) is 7.05 Å². The third kappa shape index (κ3) is 1.87. The largest absolute Gasteiger partial charge is 0.385 e. The first-order valence-corrected chi connectivity index (χ1v) is 6.50. The maximum Gasteiger partial charge on any atom is 0.194 e. The van der Waals surface area contributed by atoms with Crippen molar-refractivity contribution in [2.45, 2.75) is 43.4 Å². The molecule has 5 heteroatoms. The van der Waals surface area contributed by atoms with Crippen molar-refractivity contribution in [3.63, 3.8) is 0 Å². The first-order chi connectivity index (χ1) is 8.92. The second kappa shape index (κ2) is 4.21. The molecule has 19 heavy (non-hydrogen) atoms. The van der Waals surface area contributed by atoms with Crippen molar-refractivity contribution in [3.05, 3.63) is 35.1 Å². The summed E-state index contributed by atoms with van der Waals surface area (Å²) in [7, 11) is 1.99. The lowest BCUT2D eigenvalue weighted by atomic mass is 9.80. The van der Waals surface area contributed by atoms with Crippen molar-refractivity contribution in [1.82, 2.24) is 4.90 Å². The van der Waals surface area contributed by atoms with Crippen LogP contribution in [0.1, 0.15) is 31.2 Å². The molecular weight excluding hydrogens is 255 g/mol.